The van der Waals surface area contributed by atoms with Gasteiger partial charge in [0.25, 0.3) is 0 Å². The number of nitrogens with zero attached hydrogens (tertiary/aromatic N) is 2. The predicted molar refractivity (Wildman–Crippen MR) is 121 cm³/mol. The van der Waals surface area contributed by atoms with E-state index in [2.05, 4.69) is 50.4 Å². The molecule has 3 aliphatic rings. The Morgan fingerprint density at radius 1 is 1.19 bits per heavy atom. The van der Waals surface area contributed by atoms with Crippen LogP contribution in [0.25, 0.3) is 0 Å². The quantitative estimate of drug-likeness (QED) is 0.350. The summed E-state index contributed by atoms with van der Waals surface area (Å²) in [6, 6.07) is 0.426. The second-order valence-electron chi connectivity index (χ2n) is 8.97. The predicted octanol–water partition coefficient (Wildman–Crippen LogP) is 2.47. The summed E-state index contributed by atoms with van der Waals surface area (Å²) in [5.41, 5.74) is 0.255. The van der Waals surface area contributed by atoms with Crippen LogP contribution in [0.15, 0.2) is 4.99 Å². The van der Waals surface area contributed by atoms with Gasteiger partial charge in [0.1, 0.15) is 0 Å². The Morgan fingerprint density at radius 2 is 1.89 bits per heavy atom. The third kappa shape index (κ3) is 4.73. The highest BCUT2D eigenvalue weighted by atomic mass is 127. The van der Waals surface area contributed by atoms with Crippen LogP contribution in [-0.2, 0) is 9.47 Å². The van der Waals surface area contributed by atoms with Gasteiger partial charge in [-0.3, -0.25) is 4.99 Å². The summed E-state index contributed by atoms with van der Waals surface area (Å²) in [5.74, 6) is 1.55. The molecule has 0 aromatic heterocycles. The van der Waals surface area contributed by atoms with Gasteiger partial charge in [0, 0.05) is 49.3 Å². The number of fused-ring (bicyclic) bond motifs is 1. The van der Waals surface area contributed by atoms with Gasteiger partial charge in [-0.25, -0.2) is 0 Å². The third-order valence-electron chi connectivity index (χ3n) is 6.87. The molecule has 2 saturated heterocycles. The molecule has 1 saturated carbocycles. The summed E-state index contributed by atoms with van der Waals surface area (Å²) in [5, 5.41) is 7.21. The lowest BCUT2D eigenvalue weighted by atomic mass is 9.55. The van der Waals surface area contributed by atoms with Gasteiger partial charge in [-0.2, -0.15) is 0 Å². The maximum Gasteiger partial charge on any atom is 0.191 e. The Morgan fingerprint density at radius 3 is 2.52 bits per heavy atom. The van der Waals surface area contributed by atoms with E-state index in [9.17, 15) is 0 Å². The lowest BCUT2D eigenvalue weighted by Crippen LogP contribution is -2.71. The molecule has 2 aliphatic heterocycles. The minimum Gasteiger partial charge on any atom is -0.381 e. The van der Waals surface area contributed by atoms with Crippen LogP contribution in [0.5, 0.6) is 0 Å². The first kappa shape index (κ1) is 23.2. The highest BCUT2D eigenvalue weighted by Gasteiger charge is 2.58. The molecule has 158 valence electrons. The topological polar surface area (TPSA) is 58.1 Å². The Hall–Kier alpha value is -0.120. The van der Waals surface area contributed by atoms with Gasteiger partial charge in [-0.15, -0.1) is 24.0 Å². The Balaban J connectivity index is 0.00000261. The fourth-order valence-electron chi connectivity index (χ4n) is 5.01. The Labute approximate surface area is 182 Å². The van der Waals surface area contributed by atoms with Gasteiger partial charge in [-0.1, -0.05) is 13.8 Å². The minimum atomic E-state index is 0. The molecule has 3 rings (SSSR count). The van der Waals surface area contributed by atoms with E-state index in [-0.39, 0.29) is 34.9 Å². The van der Waals surface area contributed by atoms with Gasteiger partial charge in [0.2, 0.25) is 0 Å². The number of nitrogens with one attached hydrogen (secondary N) is 2. The molecular formula is C20H39IN4O2. The first-order chi connectivity index (χ1) is 12.4. The summed E-state index contributed by atoms with van der Waals surface area (Å²) in [6.45, 7) is 11.0. The van der Waals surface area contributed by atoms with E-state index in [0.29, 0.717) is 18.1 Å². The lowest BCUT2D eigenvalue weighted by Gasteiger charge is -2.60. The van der Waals surface area contributed by atoms with E-state index in [1.54, 1.807) is 0 Å². The van der Waals surface area contributed by atoms with Crippen molar-refractivity contribution in [3.63, 3.8) is 0 Å². The van der Waals surface area contributed by atoms with E-state index in [1.807, 2.05) is 0 Å². The number of hydrogen-bond acceptors (Lipinski definition) is 4. The summed E-state index contributed by atoms with van der Waals surface area (Å²) in [6.07, 6.45) is 4.89. The molecule has 6 nitrogen and oxygen atoms in total. The monoisotopic (exact) mass is 494 g/mol. The van der Waals surface area contributed by atoms with Gasteiger partial charge >= 0.3 is 0 Å². The molecule has 2 heterocycles. The first-order valence-corrected chi connectivity index (χ1v) is 10.3. The summed E-state index contributed by atoms with van der Waals surface area (Å²) in [4.78, 5) is 7.35. The molecule has 27 heavy (non-hydrogen) atoms. The molecule has 3 unspecified atom stereocenters. The average molecular weight is 494 g/mol. The Kier molecular flexibility index (Phi) is 8.22. The molecule has 1 aliphatic carbocycles. The van der Waals surface area contributed by atoms with E-state index in [0.717, 1.165) is 51.7 Å². The van der Waals surface area contributed by atoms with Gasteiger partial charge < -0.3 is 25.0 Å². The second kappa shape index (κ2) is 9.59. The number of rotatable bonds is 5. The third-order valence-corrected chi connectivity index (χ3v) is 6.87. The number of aliphatic imine (C=N–C) groups is 1. The highest BCUT2D eigenvalue weighted by molar-refractivity contribution is 14.0. The zero-order valence-corrected chi connectivity index (χ0v) is 20.0. The molecule has 7 heteroatoms. The highest BCUT2D eigenvalue weighted by Crippen LogP contribution is 2.51. The van der Waals surface area contributed by atoms with Gasteiger partial charge in [-0.05, 0) is 46.7 Å². The SMILES string of the molecule is CCNC(=NCC1(N(C)C)CCOCC1)NC1C2CCCOC2C1(C)C.I. The normalized spacial score (nSPS) is 32.1. The molecule has 3 atom stereocenters. The fourth-order valence-corrected chi connectivity index (χ4v) is 5.01. The number of likely N-dealkylation sites (N-methyl/N-ethyl adjacent to an activating group) is 1. The number of guanidine groups is 1. The summed E-state index contributed by atoms with van der Waals surface area (Å²) < 4.78 is 11.6. The number of halogens is 1. The largest absolute Gasteiger partial charge is 0.381 e. The summed E-state index contributed by atoms with van der Waals surface area (Å²) >= 11 is 0. The van der Waals surface area contributed by atoms with Crippen molar-refractivity contribution >= 4 is 29.9 Å². The molecule has 0 aromatic rings. The molecular weight excluding hydrogens is 455 g/mol. The molecule has 0 bridgehead atoms. The van der Waals surface area contributed by atoms with Crippen LogP contribution in [0.3, 0.4) is 0 Å². The van der Waals surface area contributed by atoms with Crippen LogP contribution in [0, 0.1) is 11.3 Å². The van der Waals surface area contributed by atoms with Crippen LogP contribution >= 0.6 is 24.0 Å². The average Bonchev–Trinajstić information content (AvgIpc) is 2.64. The van der Waals surface area contributed by atoms with Crippen molar-refractivity contribution in [2.24, 2.45) is 16.3 Å². The molecule has 0 radical (unpaired) electrons. The summed E-state index contributed by atoms with van der Waals surface area (Å²) in [7, 11) is 4.33. The van der Waals surface area contributed by atoms with Crippen molar-refractivity contribution < 1.29 is 9.47 Å². The van der Waals surface area contributed by atoms with E-state index in [1.165, 1.54) is 12.8 Å². The van der Waals surface area contributed by atoms with Gasteiger partial charge in [0.15, 0.2) is 5.96 Å². The van der Waals surface area contributed by atoms with Crippen molar-refractivity contribution in [2.75, 3.05) is 47.0 Å². The van der Waals surface area contributed by atoms with Crippen molar-refractivity contribution in [1.82, 2.24) is 15.5 Å². The number of ether oxygens (including phenoxy) is 2. The van der Waals surface area contributed by atoms with Crippen LogP contribution in [0.1, 0.15) is 46.5 Å². The van der Waals surface area contributed by atoms with Crippen LogP contribution in [0.4, 0.5) is 0 Å². The lowest BCUT2D eigenvalue weighted by molar-refractivity contribution is -0.188. The Bertz CT molecular complexity index is 506. The smallest absolute Gasteiger partial charge is 0.191 e. The maximum absolute atomic E-state index is 6.05. The molecule has 0 spiro atoms. The van der Waals surface area contributed by atoms with E-state index in [4.69, 9.17) is 14.5 Å². The van der Waals surface area contributed by atoms with Crippen molar-refractivity contribution in [3.8, 4) is 0 Å². The van der Waals surface area contributed by atoms with Crippen molar-refractivity contribution in [3.05, 3.63) is 0 Å². The van der Waals surface area contributed by atoms with Crippen molar-refractivity contribution in [1.29, 1.82) is 0 Å². The zero-order valence-electron chi connectivity index (χ0n) is 17.7. The van der Waals surface area contributed by atoms with E-state index < -0.39 is 0 Å². The van der Waals surface area contributed by atoms with Crippen LogP contribution < -0.4 is 10.6 Å². The van der Waals surface area contributed by atoms with Crippen LogP contribution in [-0.4, -0.2) is 75.5 Å². The zero-order chi connectivity index (χ0) is 18.8. The molecule has 0 aromatic carbocycles. The molecule has 2 N–H and O–H groups in total. The van der Waals surface area contributed by atoms with Crippen molar-refractivity contribution in [2.45, 2.75) is 64.1 Å². The minimum absolute atomic E-state index is 0. The fraction of sp³-hybridized carbons (Fsp3) is 0.950. The maximum atomic E-state index is 6.05. The van der Waals surface area contributed by atoms with Gasteiger partial charge in [0.05, 0.1) is 12.6 Å². The molecule has 0 amide bonds. The molecule has 3 fully saturated rings. The standard InChI is InChI=1S/C20H38N4O2.HI/c1-6-21-18(22-14-20(24(4)5)9-12-25-13-10-20)23-16-15-8-7-11-26-17(15)19(16,2)3;/h15-17H,6-14H2,1-5H3,(H2,21,22,23);1H. The van der Waals surface area contributed by atoms with E-state index >= 15 is 0 Å². The second-order valence-corrected chi connectivity index (χ2v) is 8.97. The first-order valence-electron chi connectivity index (χ1n) is 10.3. The van der Waals surface area contributed by atoms with Crippen LogP contribution in [0.2, 0.25) is 0 Å². The number of hydrogen-bond donors (Lipinski definition) is 2.